The number of hydrogen-bond donors (Lipinski definition) is 1. The first kappa shape index (κ1) is 26.5. The summed E-state index contributed by atoms with van der Waals surface area (Å²) in [7, 11) is 0. The number of imidazole rings is 1. The Morgan fingerprint density at radius 3 is 2.51 bits per heavy atom. The largest absolute Gasteiger partial charge is 0.494 e. The molecular formula is C31H34ClN3O2. The summed E-state index contributed by atoms with van der Waals surface area (Å²) in [6.07, 6.45) is 6.97. The van der Waals surface area contributed by atoms with Crippen LogP contribution in [-0.2, 0) is 17.8 Å². The summed E-state index contributed by atoms with van der Waals surface area (Å²) in [5.41, 5.74) is 5.24. The maximum atomic E-state index is 12.2. The zero-order valence-corrected chi connectivity index (χ0v) is 22.3. The Morgan fingerprint density at radius 1 is 1.00 bits per heavy atom. The maximum Gasteiger partial charge on any atom is 0.243 e. The molecule has 192 valence electrons. The molecule has 0 aliphatic heterocycles. The van der Waals surface area contributed by atoms with Gasteiger partial charge in [0, 0.05) is 30.6 Å². The number of carbonyl (C=O) groups is 1. The Hall–Kier alpha value is -3.57. The molecule has 1 heterocycles. The molecule has 0 unspecified atom stereocenters. The standard InChI is InChI=1S/C31H34ClN3O2/c1-23-21-26(22-24(2)31(23)32)37-20-9-8-19-35-28-14-7-6-13-27(28)34-29(35)15-10-18-33-30(36)17-16-25-11-4-3-5-12-25/h3-7,11-14,16-17,21-22H,8-10,15,18-20H2,1-2H3,(H,33,36)/b17-16-. The van der Waals surface area contributed by atoms with E-state index in [0.717, 1.165) is 76.5 Å². The third kappa shape index (κ3) is 7.46. The number of rotatable bonds is 12. The minimum absolute atomic E-state index is 0.0802. The van der Waals surface area contributed by atoms with E-state index < -0.39 is 0 Å². The van der Waals surface area contributed by atoms with Gasteiger partial charge in [-0.05, 0) is 80.1 Å². The molecule has 4 aromatic rings. The van der Waals surface area contributed by atoms with Crippen molar-refractivity contribution in [3.05, 3.63) is 100 Å². The Morgan fingerprint density at radius 2 is 1.73 bits per heavy atom. The van der Waals surface area contributed by atoms with Crippen LogP contribution in [0.15, 0.2) is 72.8 Å². The SMILES string of the molecule is Cc1cc(OCCCCn2c(CCCNC(=O)/C=C\c3ccccc3)nc3ccccc32)cc(C)c1Cl. The number of aromatic nitrogens is 2. The molecular weight excluding hydrogens is 482 g/mol. The topological polar surface area (TPSA) is 56.1 Å². The highest BCUT2D eigenvalue weighted by atomic mass is 35.5. The minimum atomic E-state index is -0.0802. The maximum absolute atomic E-state index is 12.2. The van der Waals surface area contributed by atoms with Crippen LogP contribution in [0, 0.1) is 13.8 Å². The molecule has 37 heavy (non-hydrogen) atoms. The second-order valence-electron chi connectivity index (χ2n) is 9.23. The number of hydrogen-bond acceptors (Lipinski definition) is 3. The van der Waals surface area contributed by atoms with Gasteiger partial charge in [-0.3, -0.25) is 4.79 Å². The monoisotopic (exact) mass is 515 g/mol. The summed E-state index contributed by atoms with van der Waals surface area (Å²) in [6.45, 7) is 6.14. The Labute approximate surface area is 224 Å². The van der Waals surface area contributed by atoms with Crippen LogP contribution in [0.25, 0.3) is 17.1 Å². The fraction of sp³-hybridized carbons (Fsp3) is 0.290. The molecule has 4 rings (SSSR count). The second kappa shape index (κ2) is 13.1. The van der Waals surface area contributed by atoms with Crippen molar-refractivity contribution in [1.29, 1.82) is 0 Å². The van der Waals surface area contributed by atoms with Gasteiger partial charge in [-0.1, -0.05) is 54.1 Å². The summed E-state index contributed by atoms with van der Waals surface area (Å²) in [5, 5.41) is 3.78. The molecule has 0 aliphatic rings. The molecule has 0 atom stereocenters. The third-order valence-corrected chi connectivity index (χ3v) is 6.89. The van der Waals surface area contributed by atoms with Crippen LogP contribution in [-0.4, -0.2) is 28.6 Å². The predicted molar refractivity (Wildman–Crippen MR) is 152 cm³/mol. The van der Waals surface area contributed by atoms with Gasteiger partial charge in [0.25, 0.3) is 0 Å². The first-order valence-corrected chi connectivity index (χ1v) is 13.2. The lowest BCUT2D eigenvalue weighted by atomic mass is 10.1. The van der Waals surface area contributed by atoms with Gasteiger partial charge in [-0.15, -0.1) is 0 Å². The van der Waals surface area contributed by atoms with E-state index >= 15 is 0 Å². The van der Waals surface area contributed by atoms with Gasteiger partial charge < -0.3 is 14.6 Å². The van der Waals surface area contributed by atoms with E-state index in [2.05, 4.69) is 28.1 Å². The van der Waals surface area contributed by atoms with Crippen LogP contribution in [0.2, 0.25) is 5.02 Å². The van der Waals surface area contributed by atoms with E-state index in [1.165, 1.54) is 0 Å². The average Bonchev–Trinajstić information content (AvgIpc) is 3.26. The van der Waals surface area contributed by atoms with Crippen molar-refractivity contribution in [2.45, 2.75) is 46.1 Å². The van der Waals surface area contributed by atoms with E-state index in [0.29, 0.717) is 13.2 Å². The van der Waals surface area contributed by atoms with Crippen molar-refractivity contribution in [3.63, 3.8) is 0 Å². The number of nitrogens with one attached hydrogen (secondary N) is 1. The number of ether oxygens (including phenoxy) is 1. The lowest BCUT2D eigenvalue weighted by Crippen LogP contribution is -2.22. The lowest BCUT2D eigenvalue weighted by molar-refractivity contribution is -0.116. The molecule has 0 spiro atoms. The highest BCUT2D eigenvalue weighted by Gasteiger charge is 2.10. The fourth-order valence-corrected chi connectivity index (χ4v) is 4.48. The summed E-state index contributed by atoms with van der Waals surface area (Å²) in [4.78, 5) is 17.0. The lowest BCUT2D eigenvalue weighted by Gasteiger charge is -2.12. The van der Waals surface area contributed by atoms with E-state index in [1.54, 1.807) is 6.08 Å². The number of para-hydroxylation sites is 2. The zero-order valence-electron chi connectivity index (χ0n) is 21.5. The van der Waals surface area contributed by atoms with Gasteiger partial charge in [-0.25, -0.2) is 4.98 Å². The number of benzene rings is 3. The van der Waals surface area contributed by atoms with E-state index in [9.17, 15) is 4.79 Å². The first-order chi connectivity index (χ1) is 18.0. The number of halogens is 1. The normalized spacial score (nSPS) is 11.3. The molecule has 1 amide bonds. The van der Waals surface area contributed by atoms with E-state index in [-0.39, 0.29) is 5.91 Å². The van der Waals surface area contributed by atoms with Gasteiger partial charge in [-0.2, -0.15) is 0 Å². The van der Waals surface area contributed by atoms with Gasteiger partial charge in [0.1, 0.15) is 11.6 Å². The highest BCUT2D eigenvalue weighted by molar-refractivity contribution is 6.32. The van der Waals surface area contributed by atoms with Gasteiger partial charge in [0.2, 0.25) is 5.91 Å². The first-order valence-electron chi connectivity index (χ1n) is 12.9. The summed E-state index contributed by atoms with van der Waals surface area (Å²) < 4.78 is 8.29. The number of nitrogens with zero attached hydrogens (tertiary/aromatic N) is 2. The molecule has 1 N–H and O–H groups in total. The number of amides is 1. The molecule has 0 radical (unpaired) electrons. The molecule has 0 saturated heterocycles. The van der Waals surface area contributed by atoms with Crippen molar-refractivity contribution in [1.82, 2.24) is 14.9 Å². The van der Waals surface area contributed by atoms with Crippen LogP contribution < -0.4 is 10.1 Å². The van der Waals surface area contributed by atoms with Crippen molar-refractivity contribution < 1.29 is 9.53 Å². The molecule has 3 aromatic carbocycles. The summed E-state index contributed by atoms with van der Waals surface area (Å²) in [6, 6.07) is 22.1. The average molecular weight is 516 g/mol. The fourth-order valence-electron chi connectivity index (χ4n) is 4.37. The molecule has 5 nitrogen and oxygen atoms in total. The van der Waals surface area contributed by atoms with Crippen molar-refractivity contribution in [3.8, 4) is 5.75 Å². The minimum Gasteiger partial charge on any atom is -0.494 e. The van der Waals surface area contributed by atoms with Gasteiger partial charge in [0.05, 0.1) is 17.6 Å². The third-order valence-electron chi connectivity index (χ3n) is 6.29. The molecule has 6 heteroatoms. The number of aryl methyl sites for hydroxylation is 4. The van der Waals surface area contributed by atoms with Crippen molar-refractivity contribution in [2.24, 2.45) is 0 Å². The zero-order chi connectivity index (χ0) is 26.0. The van der Waals surface area contributed by atoms with E-state index in [1.807, 2.05) is 68.5 Å². The Balaban J connectivity index is 1.26. The Kier molecular flexibility index (Phi) is 9.39. The van der Waals surface area contributed by atoms with Crippen LogP contribution in [0.1, 0.15) is 41.8 Å². The molecule has 0 saturated carbocycles. The quantitative estimate of drug-likeness (QED) is 0.164. The predicted octanol–water partition coefficient (Wildman–Crippen LogP) is 6.93. The summed E-state index contributed by atoms with van der Waals surface area (Å²) in [5.74, 6) is 1.84. The molecule has 1 aromatic heterocycles. The van der Waals surface area contributed by atoms with Crippen LogP contribution in [0.3, 0.4) is 0 Å². The van der Waals surface area contributed by atoms with E-state index in [4.69, 9.17) is 21.3 Å². The molecule has 0 bridgehead atoms. The molecule has 0 fully saturated rings. The number of unbranched alkanes of at least 4 members (excludes halogenated alkanes) is 1. The summed E-state index contributed by atoms with van der Waals surface area (Å²) >= 11 is 6.26. The Bertz CT molecular complexity index is 1340. The van der Waals surface area contributed by atoms with Crippen LogP contribution in [0.4, 0.5) is 0 Å². The second-order valence-corrected chi connectivity index (χ2v) is 9.61. The smallest absolute Gasteiger partial charge is 0.243 e. The van der Waals surface area contributed by atoms with Crippen molar-refractivity contribution >= 4 is 34.6 Å². The van der Waals surface area contributed by atoms with Crippen LogP contribution in [0.5, 0.6) is 5.75 Å². The number of carbonyl (C=O) groups excluding carboxylic acids is 1. The van der Waals surface area contributed by atoms with Crippen LogP contribution >= 0.6 is 11.6 Å². The van der Waals surface area contributed by atoms with Gasteiger partial charge >= 0.3 is 0 Å². The number of fused-ring (bicyclic) bond motifs is 1. The molecule has 0 aliphatic carbocycles. The van der Waals surface area contributed by atoms with Crippen molar-refractivity contribution in [2.75, 3.05) is 13.2 Å². The highest BCUT2D eigenvalue weighted by Crippen LogP contribution is 2.26. The van der Waals surface area contributed by atoms with Gasteiger partial charge in [0.15, 0.2) is 0 Å².